The van der Waals surface area contributed by atoms with Crippen LogP contribution in [0.25, 0.3) is 0 Å². The summed E-state index contributed by atoms with van der Waals surface area (Å²) in [5.74, 6) is -1.41. The molecule has 0 saturated carbocycles. The second-order valence-corrected chi connectivity index (χ2v) is 3.44. The van der Waals surface area contributed by atoms with Gasteiger partial charge in [0.05, 0.1) is 0 Å². The van der Waals surface area contributed by atoms with Gasteiger partial charge in [0, 0.05) is 0 Å². The number of phenolic OH excluding ortho intramolecular Hbond substituents is 2. The average Bonchev–Trinajstić information content (AvgIpc) is 2.29. The van der Waals surface area contributed by atoms with Gasteiger partial charge in [0.1, 0.15) is 6.04 Å². The first-order valence-electron chi connectivity index (χ1n) is 5.02. The maximum atomic E-state index is 10.7. The van der Waals surface area contributed by atoms with E-state index in [0.29, 0.717) is 5.56 Å². The molecule has 106 valence electrons. The van der Waals surface area contributed by atoms with Crippen molar-refractivity contribution in [2.75, 3.05) is 7.05 Å². The van der Waals surface area contributed by atoms with Gasteiger partial charge < -0.3 is 25.8 Å². The van der Waals surface area contributed by atoms with Crippen molar-refractivity contribution in [1.82, 2.24) is 5.32 Å². The molecule has 0 saturated heterocycles. The number of hydrogen-bond donors (Lipinski definition) is 5. The minimum atomic E-state index is -1.50. The first-order valence-corrected chi connectivity index (χ1v) is 5.02. The first kappa shape index (κ1) is 16.4. The monoisotopic (exact) mass is 274 g/mol. The number of aromatic hydroxyl groups is 2. The molecule has 1 rings (SSSR count). The summed E-state index contributed by atoms with van der Waals surface area (Å²) in [5.41, 5.74) is 0.645. The van der Waals surface area contributed by atoms with Crippen LogP contribution in [0.5, 0.6) is 11.5 Å². The molecule has 5 N–H and O–H groups in total. The molecule has 0 bridgehead atoms. The quantitative estimate of drug-likeness (QED) is 0.291. The van der Waals surface area contributed by atoms with Crippen LogP contribution in [0.3, 0.4) is 0 Å². The molecular formula is C10H14N2O7. The second kappa shape index (κ2) is 7.71. The van der Waals surface area contributed by atoms with Crippen LogP contribution in [0.15, 0.2) is 18.2 Å². The lowest BCUT2D eigenvalue weighted by molar-refractivity contribution is -0.742. The number of likely N-dealkylation sites (N-methyl/N-ethyl adjacent to an activating group) is 1. The molecule has 0 radical (unpaired) electrons. The van der Waals surface area contributed by atoms with Gasteiger partial charge in [0.15, 0.2) is 11.5 Å². The summed E-state index contributed by atoms with van der Waals surface area (Å²) >= 11 is 0. The zero-order valence-electron chi connectivity index (χ0n) is 9.98. The predicted octanol–water partition coefficient (Wildman–Crippen LogP) is -0.0348. The summed E-state index contributed by atoms with van der Waals surface area (Å²) in [6.07, 6.45) is 0.250. The number of carboxylic acids is 1. The molecule has 0 aliphatic carbocycles. The van der Waals surface area contributed by atoms with E-state index in [4.69, 9.17) is 25.5 Å². The summed E-state index contributed by atoms with van der Waals surface area (Å²) in [6, 6.07) is 3.55. The molecule has 9 nitrogen and oxygen atoms in total. The third kappa shape index (κ3) is 6.68. The fourth-order valence-corrected chi connectivity index (χ4v) is 1.24. The van der Waals surface area contributed by atoms with Crippen molar-refractivity contribution in [1.29, 1.82) is 0 Å². The molecule has 0 aromatic heterocycles. The Morgan fingerprint density at radius 1 is 1.42 bits per heavy atom. The van der Waals surface area contributed by atoms with Gasteiger partial charge in [-0.3, -0.25) is 4.79 Å². The van der Waals surface area contributed by atoms with E-state index in [1.165, 1.54) is 12.1 Å². The number of carbonyl (C=O) groups is 1. The number of nitrogens with zero attached hydrogens (tertiary/aromatic N) is 1. The lowest BCUT2D eigenvalue weighted by Gasteiger charge is -2.11. The van der Waals surface area contributed by atoms with Crippen LogP contribution >= 0.6 is 0 Å². The molecular weight excluding hydrogens is 260 g/mol. The second-order valence-electron chi connectivity index (χ2n) is 3.44. The summed E-state index contributed by atoms with van der Waals surface area (Å²) in [6.45, 7) is 0. The Labute approximate surface area is 107 Å². The standard InChI is InChI=1S/C10H13NO4.HNO3/c1-11-7(10(14)15)4-6-2-3-8(12)9(13)5-6;2-1(3)4/h2-3,5,7,11-13H,4H2,1H3,(H,14,15);(H,2,3,4)/t7-;/m0./s1. The summed E-state index contributed by atoms with van der Waals surface area (Å²) in [5, 5.41) is 43.3. The van der Waals surface area contributed by atoms with E-state index in [-0.39, 0.29) is 17.9 Å². The Kier molecular flexibility index (Phi) is 6.68. The van der Waals surface area contributed by atoms with Crippen molar-refractivity contribution >= 4 is 5.97 Å². The van der Waals surface area contributed by atoms with Gasteiger partial charge in [-0.05, 0) is 31.2 Å². The maximum Gasteiger partial charge on any atom is 0.321 e. The van der Waals surface area contributed by atoms with Crippen LogP contribution in [0, 0.1) is 10.1 Å². The van der Waals surface area contributed by atoms with Crippen LogP contribution in [-0.4, -0.2) is 44.7 Å². The zero-order valence-corrected chi connectivity index (χ0v) is 9.98. The van der Waals surface area contributed by atoms with Gasteiger partial charge >= 0.3 is 5.97 Å². The molecule has 0 unspecified atom stereocenters. The summed E-state index contributed by atoms with van der Waals surface area (Å²) < 4.78 is 0. The minimum Gasteiger partial charge on any atom is -0.504 e. The number of nitrogens with one attached hydrogen (secondary N) is 1. The number of phenols is 2. The number of benzene rings is 1. The molecule has 0 amide bonds. The van der Waals surface area contributed by atoms with E-state index in [1.54, 1.807) is 13.1 Å². The van der Waals surface area contributed by atoms with Gasteiger partial charge in [-0.1, -0.05) is 6.07 Å². The smallest absolute Gasteiger partial charge is 0.321 e. The van der Waals surface area contributed by atoms with Gasteiger partial charge in [-0.2, -0.15) is 0 Å². The SMILES string of the molecule is CN[C@@H](Cc1ccc(O)c(O)c1)C(=O)O.O=[N+]([O-])O. The Balaban J connectivity index is 0.000000711. The van der Waals surface area contributed by atoms with Gasteiger partial charge in [0.25, 0.3) is 5.09 Å². The number of hydrogen-bond acceptors (Lipinski definition) is 6. The van der Waals surface area contributed by atoms with E-state index in [0.717, 1.165) is 0 Å². The van der Waals surface area contributed by atoms with Crippen LogP contribution in [0.4, 0.5) is 0 Å². The fraction of sp³-hybridized carbons (Fsp3) is 0.300. The fourth-order valence-electron chi connectivity index (χ4n) is 1.24. The molecule has 1 atom stereocenters. The highest BCUT2D eigenvalue weighted by molar-refractivity contribution is 5.73. The molecule has 0 fully saturated rings. The van der Waals surface area contributed by atoms with Crippen molar-refractivity contribution in [2.24, 2.45) is 0 Å². The van der Waals surface area contributed by atoms with E-state index in [2.05, 4.69) is 5.32 Å². The largest absolute Gasteiger partial charge is 0.504 e. The molecule has 0 heterocycles. The molecule has 0 aliphatic heterocycles. The van der Waals surface area contributed by atoms with E-state index in [1.807, 2.05) is 0 Å². The van der Waals surface area contributed by atoms with Crippen molar-refractivity contribution < 1.29 is 30.4 Å². The highest BCUT2D eigenvalue weighted by atomic mass is 16.9. The van der Waals surface area contributed by atoms with E-state index in [9.17, 15) is 9.90 Å². The maximum absolute atomic E-state index is 10.7. The van der Waals surface area contributed by atoms with Crippen molar-refractivity contribution in [3.8, 4) is 11.5 Å². The Morgan fingerprint density at radius 3 is 2.32 bits per heavy atom. The molecule has 19 heavy (non-hydrogen) atoms. The summed E-state index contributed by atoms with van der Waals surface area (Å²) in [7, 11) is 1.55. The van der Waals surface area contributed by atoms with E-state index >= 15 is 0 Å². The molecule has 0 spiro atoms. The Bertz CT molecular complexity index is 446. The number of rotatable bonds is 4. The highest BCUT2D eigenvalue weighted by Gasteiger charge is 2.15. The van der Waals surface area contributed by atoms with Crippen LogP contribution in [0.2, 0.25) is 0 Å². The minimum absolute atomic E-state index is 0.213. The molecule has 1 aromatic rings. The normalized spacial score (nSPS) is 11.0. The van der Waals surface area contributed by atoms with Crippen LogP contribution < -0.4 is 5.32 Å². The first-order chi connectivity index (χ1) is 8.77. The van der Waals surface area contributed by atoms with Crippen molar-refractivity contribution in [2.45, 2.75) is 12.5 Å². The predicted molar refractivity (Wildman–Crippen MR) is 62.7 cm³/mol. The average molecular weight is 274 g/mol. The topological polar surface area (TPSA) is 153 Å². The van der Waals surface area contributed by atoms with Gasteiger partial charge in [0.2, 0.25) is 0 Å². The number of aliphatic carboxylic acids is 1. The summed E-state index contributed by atoms with van der Waals surface area (Å²) in [4.78, 5) is 19.1. The molecule has 9 heteroatoms. The molecule has 0 aliphatic rings. The lowest BCUT2D eigenvalue weighted by atomic mass is 10.1. The van der Waals surface area contributed by atoms with Crippen LogP contribution in [-0.2, 0) is 11.2 Å². The Hall–Kier alpha value is -2.55. The highest BCUT2D eigenvalue weighted by Crippen LogP contribution is 2.25. The third-order valence-corrected chi connectivity index (χ3v) is 2.13. The van der Waals surface area contributed by atoms with Crippen molar-refractivity contribution in [3.63, 3.8) is 0 Å². The Morgan fingerprint density at radius 2 is 1.95 bits per heavy atom. The third-order valence-electron chi connectivity index (χ3n) is 2.13. The van der Waals surface area contributed by atoms with E-state index < -0.39 is 17.1 Å². The zero-order chi connectivity index (χ0) is 15.0. The van der Waals surface area contributed by atoms with Crippen molar-refractivity contribution in [3.05, 3.63) is 33.9 Å². The van der Waals surface area contributed by atoms with Gasteiger partial charge in [-0.15, -0.1) is 10.1 Å². The van der Waals surface area contributed by atoms with Crippen LogP contribution in [0.1, 0.15) is 5.56 Å². The number of carboxylic acid groups (broad SMARTS) is 1. The lowest BCUT2D eigenvalue weighted by Crippen LogP contribution is -2.35. The molecule has 1 aromatic carbocycles. The van der Waals surface area contributed by atoms with Gasteiger partial charge in [-0.25, -0.2) is 0 Å².